The van der Waals surface area contributed by atoms with E-state index in [2.05, 4.69) is 13.8 Å². The van der Waals surface area contributed by atoms with Gasteiger partial charge in [0.25, 0.3) is 0 Å². The van der Waals surface area contributed by atoms with Crippen LogP contribution in [0.2, 0.25) is 0 Å². The van der Waals surface area contributed by atoms with Crippen LogP contribution < -0.4 is 0 Å². The SMILES string of the molecule is CC1CC2OC2CC1CC(CCCC(=O)O)(CC1CC2OC2CC1C)C(=O)O.O=C(O)CCCC(CC1CCC2OC2C1)(CC1CCC2OC2C1)C(=O)O.O=C(OCCOC(=O)C1CCC2OC2C1)C1CCC2OC2C1. The van der Waals surface area contributed by atoms with E-state index in [4.69, 9.17) is 48.1 Å². The van der Waals surface area contributed by atoms with Gasteiger partial charge in [0.1, 0.15) is 13.2 Å². The maximum absolute atomic E-state index is 12.6. The van der Waals surface area contributed by atoms with E-state index in [1.807, 2.05) is 0 Å². The second-order valence-corrected chi connectivity index (χ2v) is 25.9. The maximum Gasteiger partial charge on any atom is 0.309 e. The first-order valence-electron chi connectivity index (χ1n) is 29.6. The molecule has 20 unspecified atom stereocenters. The molecular weight excluding hydrogens is 985 g/mol. The number of hydrogen-bond acceptors (Lipinski definition) is 14. The zero-order chi connectivity index (χ0) is 53.5. The lowest BCUT2D eigenvalue weighted by atomic mass is 9.62. The molecule has 76 heavy (non-hydrogen) atoms. The Bertz CT molecular complexity index is 1990. The third-order valence-electron chi connectivity index (χ3n) is 20.4. The third-order valence-corrected chi connectivity index (χ3v) is 20.4. The molecule has 6 saturated heterocycles. The zero-order valence-corrected chi connectivity index (χ0v) is 44.9. The summed E-state index contributed by atoms with van der Waals surface area (Å²) in [5.41, 5.74) is -1.63. The van der Waals surface area contributed by atoms with Crippen molar-refractivity contribution in [1.82, 2.24) is 0 Å². The van der Waals surface area contributed by atoms with Crippen LogP contribution in [0, 0.1) is 58.2 Å². The van der Waals surface area contributed by atoms with Crippen LogP contribution in [0.5, 0.6) is 0 Å². The number of carbonyl (C=O) groups excluding carboxylic acids is 2. The molecule has 0 amide bonds. The molecule has 18 nitrogen and oxygen atoms in total. The predicted octanol–water partition coefficient (Wildman–Crippen LogP) is 8.15. The molecule has 6 saturated carbocycles. The molecular formula is C58H86O18. The van der Waals surface area contributed by atoms with E-state index < -0.39 is 34.7 Å². The molecule has 4 N–H and O–H groups in total. The van der Waals surface area contributed by atoms with E-state index in [1.165, 1.54) is 0 Å². The number of ether oxygens (including phenoxy) is 8. The van der Waals surface area contributed by atoms with Crippen molar-refractivity contribution in [2.75, 3.05) is 13.2 Å². The van der Waals surface area contributed by atoms with Gasteiger partial charge >= 0.3 is 35.8 Å². The van der Waals surface area contributed by atoms with E-state index in [0.29, 0.717) is 148 Å². The number of aliphatic carboxylic acids is 4. The van der Waals surface area contributed by atoms with E-state index in [0.717, 1.165) is 103 Å². The number of fused-ring (bicyclic) bond motifs is 6. The molecule has 0 aromatic carbocycles. The Morgan fingerprint density at radius 2 is 0.737 bits per heavy atom. The van der Waals surface area contributed by atoms with Gasteiger partial charge in [-0.05, 0) is 190 Å². The van der Waals surface area contributed by atoms with Crippen molar-refractivity contribution in [2.24, 2.45) is 58.2 Å². The number of rotatable bonds is 23. The summed E-state index contributed by atoms with van der Waals surface area (Å²) >= 11 is 0. The lowest BCUT2D eigenvalue weighted by molar-refractivity contribution is -0.158. The summed E-state index contributed by atoms with van der Waals surface area (Å²) in [6.07, 6.45) is 23.9. The van der Waals surface area contributed by atoms with Crippen molar-refractivity contribution in [2.45, 2.75) is 254 Å². The molecule has 12 aliphatic rings. The van der Waals surface area contributed by atoms with E-state index in [1.54, 1.807) is 0 Å². The standard InChI is InChI=1S/C22H34O6.C20H30O6.C16H22O6/c1-12-6-16-18(27-16)8-14(12)10-22(21(25)26,5-3-4-20(23)24)11-15-9-19-17(28-19)7-13(15)2;21-18(22)2-1-7-20(19(23)24,10-12-3-5-14-16(8-12)25-14)11-13-4-6-15-17(9-13)26-15;17-15(9-1-3-11-13(7-9)21-11)19-5-6-20-16(18)10-2-4-12-14(8-10)22-12/h12-19H,3-11H2,1-2H3,(H,23,24)(H,25,26);12-17H,1-11H2,(H,21,22)(H,23,24);9-14H,1-8H2. The minimum atomic E-state index is -0.847. The van der Waals surface area contributed by atoms with Gasteiger partial charge in [-0.25, -0.2) is 0 Å². The fourth-order valence-electron chi connectivity index (χ4n) is 15.4. The predicted molar refractivity (Wildman–Crippen MR) is 269 cm³/mol. The molecule has 12 fully saturated rings. The lowest BCUT2D eigenvalue weighted by Gasteiger charge is -2.40. The summed E-state index contributed by atoms with van der Waals surface area (Å²) in [6, 6.07) is 0. The van der Waals surface area contributed by atoms with Gasteiger partial charge in [-0.2, -0.15) is 0 Å². The summed E-state index contributed by atoms with van der Waals surface area (Å²) in [5.74, 6) is -1.28. The first-order valence-corrected chi connectivity index (χ1v) is 29.6. The highest BCUT2D eigenvalue weighted by Gasteiger charge is 2.55. The number of esters is 2. The molecule has 12 rings (SSSR count). The molecule has 6 heterocycles. The second-order valence-electron chi connectivity index (χ2n) is 25.9. The number of hydrogen-bond donors (Lipinski definition) is 4. The Morgan fingerprint density at radius 3 is 1.09 bits per heavy atom. The van der Waals surface area contributed by atoms with Crippen molar-refractivity contribution in [3.8, 4) is 0 Å². The smallest absolute Gasteiger partial charge is 0.309 e. The molecule has 18 heteroatoms. The average Bonchev–Trinajstić information content (AvgIpc) is 4.14. The van der Waals surface area contributed by atoms with Crippen LogP contribution in [0.15, 0.2) is 0 Å². The number of epoxide rings is 6. The van der Waals surface area contributed by atoms with Crippen molar-refractivity contribution in [3.63, 3.8) is 0 Å². The topological polar surface area (TPSA) is 277 Å². The van der Waals surface area contributed by atoms with Gasteiger partial charge in [-0.15, -0.1) is 0 Å². The third kappa shape index (κ3) is 14.5. The van der Waals surface area contributed by atoms with E-state index in [9.17, 15) is 39.0 Å². The fourth-order valence-corrected chi connectivity index (χ4v) is 15.4. The molecule has 6 aliphatic heterocycles. The van der Waals surface area contributed by atoms with Crippen molar-refractivity contribution in [1.29, 1.82) is 0 Å². The Balaban J connectivity index is 0.000000130. The molecule has 0 aromatic rings. The molecule has 426 valence electrons. The summed E-state index contributed by atoms with van der Waals surface area (Å²) in [4.78, 5) is 70.9. The minimum absolute atomic E-state index is 0.0388. The number of carboxylic acids is 4. The van der Waals surface area contributed by atoms with Gasteiger partial charge in [-0.1, -0.05) is 13.8 Å². The van der Waals surface area contributed by atoms with Crippen LogP contribution in [0.3, 0.4) is 0 Å². The van der Waals surface area contributed by atoms with Crippen molar-refractivity contribution >= 4 is 35.8 Å². The number of carboxylic acid groups (broad SMARTS) is 4. The van der Waals surface area contributed by atoms with Crippen LogP contribution >= 0.6 is 0 Å². The average molecular weight is 1070 g/mol. The molecule has 0 aromatic heterocycles. The monoisotopic (exact) mass is 1070 g/mol. The van der Waals surface area contributed by atoms with Crippen LogP contribution in [-0.2, 0) is 66.7 Å². The van der Waals surface area contributed by atoms with E-state index in [-0.39, 0.29) is 62.0 Å². The molecule has 0 bridgehead atoms. The fraction of sp³-hybridized carbons (Fsp3) is 0.897. The van der Waals surface area contributed by atoms with Gasteiger partial charge in [0.15, 0.2) is 0 Å². The Kier molecular flexibility index (Phi) is 17.4. The number of carbonyl (C=O) groups is 6. The van der Waals surface area contributed by atoms with Gasteiger partial charge in [0.05, 0.1) is 95.9 Å². The molecule has 6 aliphatic carbocycles. The Labute approximate surface area is 447 Å². The van der Waals surface area contributed by atoms with Crippen LogP contribution in [-0.4, -0.2) is 143 Å². The summed E-state index contributed by atoms with van der Waals surface area (Å²) in [7, 11) is 0. The van der Waals surface area contributed by atoms with Gasteiger partial charge in [0.2, 0.25) is 0 Å². The summed E-state index contributed by atoms with van der Waals surface area (Å²) in [6.45, 7) is 4.73. The zero-order valence-electron chi connectivity index (χ0n) is 44.9. The quantitative estimate of drug-likeness (QED) is 0.0427. The summed E-state index contributed by atoms with van der Waals surface area (Å²) < 4.78 is 43.9. The highest BCUT2D eigenvalue weighted by molar-refractivity contribution is 5.76. The Hall–Kier alpha value is -3.42. The van der Waals surface area contributed by atoms with Crippen LogP contribution in [0.1, 0.15) is 181 Å². The van der Waals surface area contributed by atoms with Crippen molar-refractivity contribution in [3.05, 3.63) is 0 Å². The largest absolute Gasteiger partial charge is 0.481 e. The van der Waals surface area contributed by atoms with Gasteiger partial charge < -0.3 is 58.3 Å². The van der Waals surface area contributed by atoms with Crippen LogP contribution in [0.25, 0.3) is 0 Å². The normalized spacial score (nSPS) is 41.8. The molecule has 20 atom stereocenters. The molecule has 0 spiro atoms. The minimum Gasteiger partial charge on any atom is -0.481 e. The van der Waals surface area contributed by atoms with Crippen LogP contribution in [0.4, 0.5) is 0 Å². The second kappa shape index (κ2) is 23.7. The van der Waals surface area contributed by atoms with E-state index >= 15 is 0 Å². The van der Waals surface area contributed by atoms with Crippen molar-refractivity contribution < 1.29 is 87.1 Å². The first kappa shape index (κ1) is 55.9. The maximum atomic E-state index is 12.6. The lowest BCUT2D eigenvalue weighted by Crippen LogP contribution is -2.40. The Morgan fingerprint density at radius 1 is 0.408 bits per heavy atom. The highest BCUT2D eigenvalue weighted by atomic mass is 16.6. The summed E-state index contributed by atoms with van der Waals surface area (Å²) in [5, 5.41) is 38.6. The highest BCUT2D eigenvalue weighted by Crippen LogP contribution is 2.54. The van der Waals surface area contributed by atoms with Gasteiger partial charge in [-0.3, -0.25) is 28.8 Å². The van der Waals surface area contributed by atoms with Gasteiger partial charge in [0, 0.05) is 12.8 Å². The molecule has 0 radical (unpaired) electrons. The first-order chi connectivity index (χ1) is 36.4.